The maximum absolute atomic E-state index is 10.5. The largest absolute Gasteiger partial charge is 0.365 e. The molecule has 2 rings (SSSR count). The summed E-state index contributed by atoms with van der Waals surface area (Å²) in [6.07, 6.45) is 1.81. The number of hydrogen-bond acceptors (Lipinski definition) is 3. The molecule has 0 aromatic heterocycles. The molecule has 4 heteroatoms. The zero-order valence-electron chi connectivity index (χ0n) is 7.51. The van der Waals surface area contributed by atoms with E-state index < -0.39 is 0 Å². The molecular weight excluding hydrogens is 156 g/mol. The van der Waals surface area contributed by atoms with E-state index >= 15 is 0 Å². The van der Waals surface area contributed by atoms with E-state index in [9.17, 15) is 4.79 Å². The number of ether oxygens (including phenoxy) is 1. The van der Waals surface area contributed by atoms with Crippen LogP contribution in [-0.4, -0.2) is 44.3 Å². The second-order valence-corrected chi connectivity index (χ2v) is 2.97. The molecule has 0 saturated carbocycles. The SMILES string of the molecule is C1COCN1.CN1CCCC1=O. The van der Waals surface area contributed by atoms with Gasteiger partial charge in [0.1, 0.15) is 0 Å². The van der Waals surface area contributed by atoms with Gasteiger partial charge in [-0.1, -0.05) is 0 Å². The summed E-state index contributed by atoms with van der Waals surface area (Å²) in [6.45, 7) is 3.62. The fourth-order valence-electron chi connectivity index (χ4n) is 1.14. The number of likely N-dealkylation sites (tertiary alicyclic amines) is 1. The predicted molar refractivity (Wildman–Crippen MR) is 45.7 cm³/mol. The third kappa shape index (κ3) is 3.19. The van der Waals surface area contributed by atoms with Crippen LogP contribution in [0.2, 0.25) is 0 Å². The van der Waals surface area contributed by atoms with Crippen LogP contribution >= 0.6 is 0 Å². The Morgan fingerprint density at radius 1 is 1.58 bits per heavy atom. The third-order valence-electron chi connectivity index (χ3n) is 1.94. The van der Waals surface area contributed by atoms with Gasteiger partial charge in [-0.3, -0.25) is 10.1 Å². The fourth-order valence-corrected chi connectivity index (χ4v) is 1.14. The highest BCUT2D eigenvalue weighted by Crippen LogP contribution is 2.04. The minimum absolute atomic E-state index is 0.292. The van der Waals surface area contributed by atoms with Crippen molar-refractivity contribution < 1.29 is 9.53 Å². The van der Waals surface area contributed by atoms with Crippen molar-refractivity contribution >= 4 is 5.91 Å². The van der Waals surface area contributed by atoms with E-state index in [0.717, 1.165) is 39.3 Å². The van der Waals surface area contributed by atoms with E-state index in [1.165, 1.54) is 0 Å². The number of nitrogens with zero attached hydrogens (tertiary/aromatic N) is 1. The van der Waals surface area contributed by atoms with Gasteiger partial charge in [0.2, 0.25) is 5.91 Å². The van der Waals surface area contributed by atoms with Crippen LogP contribution < -0.4 is 5.32 Å². The van der Waals surface area contributed by atoms with Gasteiger partial charge in [-0.25, -0.2) is 0 Å². The topological polar surface area (TPSA) is 41.6 Å². The molecule has 12 heavy (non-hydrogen) atoms. The molecular formula is C8H16N2O2. The van der Waals surface area contributed by atoms with Crippen LogP contribution in [0.3, 0.4) is 0 Å². The lowest BCUT2D eigenvalue weighted by Gasteiger charge is -2.03. The van der Waals surface area contributed by atoms with Crippen LogP contribution in [-0.2, 0) is 9.53 Å². The van der Waals surface area contributed by atoms with Gasteiger partial charge in [0.25, 0.3) is 0 Å². The summed E-state index contributed by atoms with van der Waals surface area (Å²) in [5.74, 6) is 0.292. The molecule has 0 aromatic carbocycles. The maximum Gasteiger partial charge on any atom is 0.222 e. The summed E-state index contributed by atoms with van der Waals surface area (Å²) < 4.78 is 4.83. The second-order valence-electron chi connectivity index (χ2n) is 2.97. The van der Waals surface area contributed by atoms with E-state index in [-0.39, 0.29) is 0 Å². The van der Waals surface area contributed by atoms with Gasteiger partial charge in [-0.2, -0.15) is 0 Å². The van der Waals surface area contributed by atoms with Gasteiger partial charge in [0.15, 0.2) is 0 Å². The lowest BCUT2D eigenvalue weighted by Crippen LogP contribution is -2.17. The highest BCUT2D eigenvalue weighted by atomic mass is 16.5. The fraction of sp³-hybridized carbons (Fsp3) is 0.875. The molecule has 2 fully saturated rings. The summed E-state index contributed by atoms with van der Waals surface area (Å²) in [5, 5.41) is 3.00. The Morgan fingerprint density at radius 3 is 2.58 bits per heavy atom. The van der Waals surface area contributed by atoms with Crippen LogP contribution in [0.15, 0.2) is 0 Å². The molecule has 0 radical (unpaired) electrons. The Hall–Kier alpha value is -0.610. The summed E-state index contributed by atoms with van der Waals surface area (Å²) in [4.78, 5) is 12.3. The van der Waals surface area contributed by atoms with Gasteiger partial charge in [-0.15, -0.1) is 0 Å². The van der Waals surface area contributed by atoms with Crippen LogP contribution in [0.25, 0.3) is 0 Å². The summed E-state index contributed by atoms with van der Waals surface area (Å²) >= 11 is 0. The monoisotopic (exact) mass is 172 g/mol. The van der Waals surface area contributed by atoms with Crippen molar-refractivity contribution in [2.45, 2.75) is 12.8 Å². The highest BCUT2D eigenvalue weighted by molar-refractivity contribution is 5.77. The van der Waals surface area contributed by atoms with Crippen molar-refractivity contribution in [3.8, 4) is 0 Å². The first-order chi connectivity index (χ1) is 5.80. The Labute approximate surface area is 72.9 Å². The van der Waals surface area contributed by atoms with Crippen LogP contribution in [0.4, 0.5) is 0 Å². The second kappa shape index (κ2) is 5.11. The molecule has 70 valence electrons. The van der Waals surface area contributed by atoms with E-state index in [4.69, 9.17) is 4.74 Å². The maximum atomic E-state index is 10.5. The Morgan fingerprint density at radius 2 is 2.42 bits per heavy atom. The van der Waals surface area contributed by atoms with Gasteiger partial charge in [0, 0.05) is 26.6 Å². The molecule has 2 aliphatic heterocycles. The number of carbonyl (C=O) groups excluding carboxylic acids is 1. The van der Waals surface area contributed by atoms with E-state index in [2.05, 4.69) is 5.32 Å². The zero-order valence-corrected chi connectivity index (χ0v) is 7.51. The average molecular weight is 172 g/mol. The first-order valence-corrected chi connectivity index (χ1v) is 4.33. The number of amides is 1. The minimum Gasteiger partial charge on any atom is -0.365 e. The molecule has 4 nitrogen and oxygen atoms in total. The average Bonchev–Trinajstić information content (AvgIpc) is 2.67. The molecule has 0 aromatic rings. The quantitative estimate of drug-likeness (QED) is 0.550. The van der Waals surface area contributed by atoms with Crippen molar-refractivity contribution in [3.05, 3.63) is 0 Å². The van der Waals surface area contributed by atoms with Gasteiger partial charge in [0.05, 0.1) is 13.3 Å². The highest BCUT2D eigenvalue weighted by Gasteiger charge is 2.14. The number of rotatable bonds is 0. The Kier molecular flexibility index (Phi) is 4.04. The van der Waals surface area contributed by atoms with Crippen LogP contribution in [0, 0.1) is 0 Å². The molecule has 0 spiro atoms. The van der Waals surface area contributed by atoms with E-state index in [1.54, 1.807) is 4.90 Å². The lowest BCUT2D eigenvalue weighted by atomic mass is 10.4. The molecule has 1 amide bonds. The third-order valence-corrected chi connectivity index (χ3v) is 1.94. The van der Waals surface area contributed by atoms with Crippen LogP contribution in [0.1, 0.15) is 12.8 Å². The molecule has 1 N–H and O–H groups in total. The molecule has 0 aliphatic carbocycles. The van der Waals surface area contributed by atoms with Crippen molar-refractivity contribution in [2.75, 3.05) is 33.5 Å². The molecule has 2 heterocycles. The first kappa shape index (κ1) is 9.48. The number of carbonyl (C=O) groups is 1. The van der Waals surface area contributed by atoms with E-state index in [0.29, 0.717) is 5.91 Å². The normalized spacial score (nSPS) is 22.4. The van der Waals surface area contributed by atoms with Gasteiger partial charge in [-0.05, 0) is 6.42 Å². The van der Waals surface area contributed by atoms with E-state index in [1.807, 2.05) is 7.05 Å². The molecule has 0 bridgehead atoms. The van der Waals surface area contributed by atoms with Crippen molar-refractivity contribution in [1.29, 1.82) is 0 Å². The molecule has 2 aliphatic rings. The molecule has 2 saturated heterocycles. The van der Waals surface area contributed by atoms with Crippen molar-refractivity contribution in [3.63, 3.8) is 0 Å². The number of hydrogen-bond donors (Lipinski definition) is 1. The van der Waals surface area contributed by atoms with Crippen molar-refractivity contribution in [1.82, 2.24) is 10.2 Å². The van der Waals surface area contributed by atoms with Gasteiger partial charge >= 0.3 is 0 Å². The minimum atomic E-state index is 0.292. The predicted octanol–water partition coefficient (Wildman–Crippen LogP) is -0.198. The molecule has 0 atom stereocenters. The molecule has 0 unspecified atom stereocenters. The Bertz CT molecular complexity index is 138. The first-order valence-electron chi connectivity index (χ1n) is 4.33. The summed E-state index contributed by atoms with van der Waals surface area (Å²) in [6, 6.07) is 0. The standard InChI is InChI=1S/C5H9NO.C3H7NO/c1-6-4-2-3-5(6)7;1-2-5-3-4-1/h2-4H2,1H3;4H,1-3H2. The summed E-state index contributed by atoms with van der Waals surface area (Å²) in [5.41, 5.74) is 0. The van der Waals surface area contributed by atoms with Crippen molar-refractivity contribution in [2.24, 2.45) is 0 Å². The summed E-state index contributed by atoms with van der Waals surface area (Å²) in [7, 11) is 1.84. The Balaban J connectivity index is 0.000000127. The smallest absolute Gasteiger partial charge is 0.222 e. The zero-order chi connectivity index (χ0) is 8.81. The van der Waals surface area contributed by atoms with Gasteiger partial charge < -0.3 is 9.64 Å². The number of nitrogens with one attached hydrogen (secondary N) is 1. The van der Waals surface area contributed by atoms with Crippen LogP contribution in [0.5, 0.6) is 0 Å². The lowest BCUT2D eigenvalue weighted by molar-refractivity contribution is -0.126.